The average Bonchev–Trinajstić information content (AvgIpc) is 2.78. The third kappa shape index (κ3) is 4.14. The van der Waals surface area contributed by atoms with E-state index in [4.69, 9.17) is 0 Å². The van der Waals surface area contributed by atoms with Gasteiger partial charge in [-0.3, -0.25) is 0 Å². The Morgan fingerprint density at radius 3 is 2.43 bits per heavy atom. The van der Waals surface area contributed by atoms with Crippen LogP contribution in [-0.2, 0) is 19.9 Å². The predicted molar refractivity (Wildman–Crippen MR) is 91.7 cm³/mol. The first-order valence-corrected chi connectivity index (χ1v) is 11.1. The Morgan fingerprint density at radius 1 is 1.26 bits per heavy atom. The van der Waals surface area contributed by atoms with Gasteiger partial charge in [-0.1, -0.05) is 26.0 Å². The number of benzene rings is 1. The lowest BCUT2D eigenvalue weighted by molar-refractivity contribution is 0.307. The summed E-state index contributed by atoms with van der Waals surface area (Å²) in [6, 6.07) is 4.87. The van der Waals surface area contributed by atoms with Crippen molar-refractivity contribution < 1.29 is 16.8 Å². The van der Waals surface area contributed by atoms with Crippen LogP contribution >= 0.6 is 0 Å². The lowest BCUT2D eigenvalue weighted by Gasteiger charge is -2.29. The molecule has 0 amide bonds. The molecule has 1 saturated heterocycles. The summed E-state index contributed by atoms with van der Waals surface area (Å²) in [6.45, 7) is 7.83. The van der Waals surface area contributed by atoms with Crippen molar-refractivity contribution in [1.82, 2.24) is 4.31 Å². The van der Waals surface area contributed by atoms with E-state index in [1.807, 2.05) is 26.8 Å². The summed E-state index contributed by atoms with van der Waals surface area (Å²) in [5, 5.41) is 0. The molecule has 1 aromatic rings. The number of hydrogen-bond acceptors (Lipinski definition) is 4. The average molecular weight is 360 g/mol. The maximum Gasteiger partial charge on any atom is 0.243 e. The monoisotopic (exact) mass is 359 g/mol. The molecule has 0 aromatic heterocycles. The molecule has 0 unspecified atom stereocenters. The van der Waals surface area contributed by atoms with Gasteiger partial charge in [0, 0.05) is 12.6 Å². The second kappa shape index (κ2) is 6.53. The Hall–Kier alpha value is -0.920. The molecule has 0 bridgehead atoms. The Bertz CT molecular complexity index is 782. The predicted octanol–water partition coefficient (Wildman–Crippen LogP) is 2.14. The molecular weight excluding hydrogens is 334 g/mol. The molecule has 0 aliphatic carbocycles. The van der Waals surface area contributed by atoms with Crippen molar-refractivity contribution in [3.8, 4) is 0 Å². The zero-order valence-electron chi connectivity index (χ0n) is 14.1. The van der Waals surface area contributed by atoms with E-state index in [0.29, 0.717) is 18.5 Å². The molecule has 23 heavy (non-hydrogen) atoms. The third-order valence-electron chi connectivity index (χ3n) is 4.09. The van der Waals surface area contributed by atoms with Gasteiger partial charge in [-0.2, -0.15) is 4.31 Å². The van der Waals surface area contributed by atoms with E-state index in [1.165, 1.54) is 4.31 Å². The van der Waals surface area contributed by atoms with Crippen molar-refractivity contribution in [3.05, 3.63) is 29.3 Å². The van der Waals surface area contributed by atoms with Crippen molar-refractivity contribution in [2.24, 2.45) is 5.92 Å². The topological polar surface area (TPSA) is 71.5 Å². The minimum atomic E-state index is -3.71. The second-order valence-corrected chi connectivity index (χ2v) is 10.9. The summed E-state index contributed by atoms with van der Waals surface area (Å²) in [7, 11) is -6.86. The molecule has 1 aliphatic heterocycles. The SMILES string of the molecule is Cc1ccc(C)c(S(=O)(=O)N(CC(C)C)[C@@H]2CCS(=O)(=O)C2)c1. The standard InChI is InChI=1S/C16H25NO4S2/c1-12(2)10-17(15-7-8-22(18,19)11-15)23(20,21)16-9-13(3)5-6-14(16)4/h5-6,9,12,15H,7-8,10-11H2,1-4H3/t15-/m1/s1. The van der Waals surface area contributed by atoms with Gasteiger partial charge in [0.15, 0.2) is 9.84 Å². The molecule has 1 aliphatic rings. The molecule has 1 atom stereocenters. The van der Waals surface area contributed by atoms with Crippen LogP contribution in [0.15, 0.2) is 23.1 Å². The molecule has 0 saturated carbocycles. The van der Waals surface area contributed by atoms with Crippen LogP contribution in [-0.4, -0.2) is 45.2 Å². The maximum atomic E-state index is 13.2. The van der Waals surface area contributed by atoms with E-state index in [1.54, 1.807) is 19.1 Å². The first kappa shape index (κ1) is 18.4. The summed E-state index contributed by atoms with van der Waals surface area (Å²) < 4.78 is 51.3. The van der Waals surface area contributed by atoms with E-state index in [0.717, 1.165) is 5.56 Å². The summed E-state index contributed by atoms with van der Waals surface area (Å²) in [4.78, 5) is 0.280. The van der Waals surface area contributed by atoms with E-state index in [2.05, 4.69) is 0 Å². The van der Waals surface area contributed by atoms with Crippen LogP contribution in [0.4, 0.5) is 0 Å². The molecular formula is C16H25NO4S2. The number of nitrogens with zero attached hydrogens (tertiary/aromatic N) is 1. The molecule has 7 heteroatoms. The summed E-state index contributed by atoms with van der Waals surface area (Å²) >= 11 is 0. The fraction of sp³-hybridized carbons (Fsp3) is 0.625. The highest BCUT2D eigenvalue weighted by Crippen LogP contribution is 2.28. The van der Waals surface area contributed by atoms with Gasteiger partial charge in [0.05, 0.1) is 16.4 Å². The smallest absolute Gasteiger partial charge is 0.229 e. The van der Waals surface area contributed by atoms with E-state index < -0.39 is 25.9 Å². The van der Waals surface area contributed by atoms with Gasteiger partial charge in [0.1, 0.15) is 0 Å². The highest BCUT2D eigenvalue weighted by atomic mass is 32.2. The molecule has 2 rings (SSSR count). The summed E-state index contributed by atoms with van der Waals surface area (Å²) in [5.41, 5.74) is 1.56. The number of rotatable bonds is 5. The van der Waals surface area contributed by atoms with E-state index >= 15 is 0 Å². The van der Waals surface area contributed by atoms with Crippen LogP contribution in [0.25, 0.3) is 0 Å². The number of aryl methyl sites for hydroxylation is 2. The van der Waals surface area contributed by atoms with E-state index in [9.17, 15) is 16.8 Å². The summed E-state index contributed by atoms with van der Waals surface area (Å²) in [5.74, 6) is 0.108. The number of sulfone groups is 1. The maximum absolute atomic E-state index is 13.2. The van der Waals surface area contributed by atoms with Crippen LogP contribution < -0.4 is 0 Å². The minimum Gasteiger partial charge on any atom is -0.229 e. The zero-order valence-corrected chi connectivity index (χ0v) is 15.7. The van der Waals surface area contributed by atoms with Crippen LogP contribution in [0.1, 0.15) is 31.4 Å². The Balaban J connectivity index is 2.47. The normalized spacial score (nSPS) is 21.2. The molecule has 0 N–H and O–H groups in total. The largest absolute Gasteiger partial charge is 0.243 e. The van der Waals surface area contributed by atoms with Crippen LogP contribution in [0.3, 0.4) is 0 Å². The Morgan fingerprint density at radius 2 is 1.91 bits per heavy atom. The van der Waals surface area contributed by atoms with Gasteiger partial charge in [-0.05, 0) is 43.4 Å². The lowest BCUT2D eigenvalue weighted by Crippen LogP contribution is -2.43. The van der Waals surface area contributed by atoms with Crippen LogP contribution in [0, 0.1) is 19.8 Å². The minimum absolute atomic E-state index is 0.0641. The van der Waals surface area contributed by atoms with Gasteiger partial charge >= 0.3 is 0 Å². The van der Waals surface area contributed by atoms with Crippen LogP contribution in [0.5, 0.6) is 0 Å². The van der Waals surface area contributed by atoms with Gasteiger partial charge in [-0.25, -0.2) is 16.8 Å². The van der Waals surface area contributed by atoms with Crippen LogP contribution in [0.2, 0.25) is 0 Å². The molecule has 130 valence electrons. The van der Waals surface area contributed by atoms with Gasteiger partial charge < -0.3 is 0 Å². The molecule has 5 nitrogen and oxygen atoms in total. The first-order valence-electron chi connectivity index (χ1n) is 7.82. The molecule has 1 fully saturated rings. The quantitative estimate of drug-likeness (QED) is 0.807. The summed E-state index contributed by atoms with van der Waals surface area (Å²) in [6.07, 6.45) is 0.374. The Kier molecular flexibility index (Phi) is 5.23. The zero-order chi connectivity index (χ0) is 17.4. The highest BCUT2D eigenvalue weighted by molar-refractivity contribution is 7.92. The molecule has 0 spiro atoms. The molecule has 0 radical (unpaired) electrons. The van der Waals surface area contributed by atoms with Gasteiger partial charge in [0.2, 0.25) is 10.0 Å². The number of hydrogen-bond donors (Lipinski definition) is 0. The van der Waals surface area contributed by atoms with Crippen molar-refractivity contribution in [3.63, 3.8) is 0 Å². The number of sulfonamides is 1. The first-order chi connectivity index (χ1) is 10.5. The van der Waals surface area contributed by atoms with Crippen molar-refractivity contribution in [1.29, 1.82) is 0 Å². The fourth-order valence-corrected chi connectivity index (χ4v) is 6.87. The third-order valence-corrected chi connectivity index (χ3v) is 7.90. The molecule has 1 aromatic carbocycles. The molecule has 1 heterocycles. The van der Waals surface area contributed by atoms with Crippen molar-refractivity contribution >= 4 is 19.9 Å². The lowest BCUT2D eigenvalue weighted by atomic mass is 10.2. The highest BCUT2D eigenvalue weighted by Gasteiger charge is 2.39. The second-order valence-electron chi connectivity index (χ2n) is 6.79. The van der Waals surface area contributed by atoms with Gasteiger partial charge in [0.25, 0.3) is 0 Å². The van der Waals surface area contributed by atoms with Crippen molar-refractivity contribution in [2.75, 3.05) is 18.1 Å². The Labute approximate surface area is 139 Å². The van der Waals surface area contributed by atoms with Crippen molar-refractivity contribution in [2.45, 2.75) is 45.1 Å². The van der Waals surface area contributed by atoms with E-state index in [-0.39, 0.29) is 22.3 Å². The fourth-order valence-electron chi connectivity index (χ4n) is 2.92. The van der Waals surface area contributed by atoms with Gasteiger partial charge in [-0.15, -0.1) is 0 Å².